The monoisotopic (exact) mass is 257 g/mol. The molecule has 2 rings (SSSR count). The minimum absolute atomic E-state index is 0.0875. The van der Waals surface area contributed by atoms with Crippen molar-refractivity contribution in [3.05, 3.63) is 10.5 Å². The number of aliphatic hydroxyl groups is 1. The molecule has 2 atom stereocenters. The Hall–Kier alpha value is -0.750. The van der Waals surface area contributed by atoms with Crippen molar-refractivity contribution in [2.45, 2.75) is 62.1 Å². The molecule has 2 N–H and O–H groups in total. The van der Waals surface area contributed by atoms with Crippen molar-refractivity contribution in [3.63, 3.8) is 0 Å². The van der Waals surface area contributed by atoms with Crippen molar-refractivity contribution in [2.24, 2.45) is 0 Å². The standard InChI is InChI=1S/C11H19N3O2S/c1-7(2)14-10(16)12-13-11(14)17-9-6-4-3-5-8(9)15/h7-9,15H,3-6H2,1-2H3,(H,12,16)/t8-,9-/m1/s1. The molecule has 5 nitrogen and oxygen atoms in total. The molecule has 0 aromatic carbocycles. The summed E-state index contributed by atoms with van der Waals surface area (Å²) in [7, 11) is 0. The van der Waals surface area contributed by atoms with E-state index in [0.29, 0.717) is 5.16 Å². The maximum atomic E-state index is 11.6. The molecule has 1 aliphatic carbocycles. The lowest BCUT2D eigenvalue weighted by atomic mass is 9.97. The topological polar surface area (TPSA) is 70.9 Å². The van der Waals surface area contributed by atoms with Gasteiger partial charge in [-0.25, -0.2) is 9.89 Å². The molecule has 0 radical (unpaired) electrons. The van der Waals surface area contributed by atoms with Gasteiger partial charge in [-0.3, -0.25) is 4.57 Å². The first-order valence-electron chi connectivity index (χ1n) is 6.11. The third kappa shape index (κ3) is 2.74. The van der Waals surface area contributed by atoms with Crippen LogP contribution in [-0.2, 0) is 0 Å². The SMILES string of the molecule is CC(C)n1c(S[C@@H]2CCCC[C@H]2O)n[nH]c1=O. The fourth-order valence-corrected chi connectivity index (χ4v) is 3.53. The van der Waals surface area contributed by atoms with Crippen LogP contribution in [-0.4, -0.2) is 31.2 Å². The largest absolute Gasteiger partial charge is 0.392 e. The smallest absolute Gasteiger partial charge is 0.344 e. The van der Waals surface area contributed by atoms with E-state index in [1.807, 2.05) is 13.8 Å². The van der Waals surface area contributed by atoms with E-state index in [4.69, 9.17) is 0 Å². The van der Waals surface area contributed by atoms with E-state index in [-0.39, 0.29) is 23.1 Å². The molecule has 0 unspecified atom stereocenters. The number of nitrogens with zero attached hydrogens (tertiary/aromatic N) is 2. The first kappa shape index (κ1) is 12.7. The van der Waals surface area contributed by atoms with Gasteiger partial charge in [-0.15, -0.1) is 5.10 Å². The predicted molar refractivity (Wildman–Crippen MR) is 67.4 cm³/mol. The van der Waals surface area contributed by atoms with E-state index in [0.717, 1.165) is 25.7 Å². The van der Waals surface area contributed by atoms with Gasteiger partial charge < -0.3 is 5.11 Å². The molecule has 0 spiro atoms. The van der Waals surface area contributed by atoms with Crippen LogP contribution in [0.2, 0.25) is 0 Å². The van der Waals surface area contributed by atoms with Crippen LogP contribution in [0.3, 0.4) is 0 Å². The highest BCUT2D eigenvalue weighted by Gasteiger charge is 2.26. The number of aliphatic hydroxyl groups excluding tert-OH is 1. The number of hydrogen-bond acceptors (Lipinski definition) is 4. The molecule has 1 aromatic heterocycles. The van der Waals surface area contributed by atoms with Crippen molar-refractivity contribution in [2.75, 3.05) is 0 Å². The molecule has 0 aliphatic heterocycles. The number of thioether (sulfide) groups is 1. The average molecular weight is 257 g/mol. The molecule has 96 valence electrons. The van der Waals surface area contributed by atoms with E-state index >= 15 is 0 Å². The second kappa shape index (κ2) is 5.27. The molecule has 0 amide bonds. The summed E-state index contributed by atoms with van der Waals surface area (Å²) in [6.07, 6.45) is 3.81. The fourth-order valence-electron chi connectivity index (χ4n) is 2.18. The summed E-state index contributed by atoms with van der Waals surface area (Å²) >= 11 is 1.52. The zero-order valence-electron chi connectivity index (χ0n) is 10.2. The lowest BCUT2D eigenvalue weighted by molar-refractivity contribution is 0.136. The summed E-state index contributed by atoms with van der Waals surface area (Å²) in [4.78, 5) is 11.6. The lowest BCUT2D eigenvalue weighted by Gasteiger charge is -2.26. The maximum Gasteiger partial charge on any atom is 0.344 e. The molecule has 1 heterocycles. The lowest BCUT2D eigenvalue weighted by Crippen LogP contribution is -2.28. The Morgan fingerprint density at radius 2 is 2.18 bits per heavy atom. The minimum atomic E-state index is -0.277. The normalized spacial score (nSPS) is 25.4. The first-order chi connectivity index (χ1) is 8.09. The second-order valence-electron chi connectivity index (χ2n) is 4.78. The van der Waals surface area contributed by atoms with Crippen molar-refractivity contribution in [3.8, 4) is 0 Å². The number of H-pyrrole nitrogens is 1. The summed E-state index contributed by atoms with van der Waals surface area (Å²) in [6, 6.07) is 0.0875. The van der Waals surface area contributed by atoms with Crippen LogP contribution in [0.25, 0.3) is 0 Å². The van der Waals surface area contributed by atoms with Crippen LogP contribution in [0.1, 0.15) is 45.6 Å². The summed E-state index contributed by atoms with van der Waals surface area (Å²) < 4.78 is 1.64. The highest BCUT2D eigenvalue weighted by atomic mass is 32.2. The fraction of sp³-hybridized carbons (Fsp3) is 0.818. The Balaban J connectivity index is 2.15. The van der Waals surface area contributed by atoms with Gasteiger partial charge in [-0.1, -0.05) is 24.6 Å². The average Bonchev–Trinajstić information content (AvgIpc) is 2.63. The third-order valence-electron chi connectivity index (χ3n) is 3.11. The van der Waals surface area contributed by atoms with Crippen LogP contribution in [0.15, 0.2) is 9.95 Å². The van der Waals surface area contributed by atoms with Crippen molar-refractivity contribution >= 4 is 11.8 Å². The molecule has 1 aliphatic rings. The number of rotatable bonds is 3. The molecular formula is C11H19N3O2S. The van der Waals surface area contributed by atoms with Crippen LogP contribution in [0, 0.1) is 0 Å². The number of nitrogens with one attached hydrogen (secondary N) is 1. The minimum Gasteiger partial charge on any atom is -0.392 e. The quantitative estimate of drug-likeness (QED) is 0.862. The van der Waals surface area contributed by atoms with E-state index < -0.39 is 0 Å². The molecule has 17 heavy (non-hydrogen) atoms. The highest BCUT2D eigenvalue weighted by Crippen LogP contribution is 2.33. The maximum absolute atomic E-state index is 11.6. The van der Waals surface area contributed by atoms with Crippen LogP contribution >= 0.6 is 11.8 Å². The molecule has 1 fully saturated rings. The number of aromatic amines is 1. The van der Waals surface area contributed by atoms with Crippen molar-refractivity contribution < 1.29 is 5.11 Å². The van der Waals surface area contributed by atoms with Gasteiger partial charge in [-0.2, -0.15) is 0 Å². The van der Waals surface area contributed by atoms with Gasteiger partial charge in [-0.05, 0) is 26.7 Å². The predicted octanol–water partition coefficient (Wildman–Crippen LogP) is 1.55. The van der Waals surface area contributed by atoms with Crippen LogP contribution in [0.5, 0.6) is 0 Å². The van der Waals surface area contributed by atoms with Gasteiger partial charge in [0, 0.05) is 11.3 Å². The van der Waals surface area contributed by atoms with E-state index in [2.05, 4.69) is 10.2 Å². The van der Waals surface area contributed by atoms with Gasteiger partial charge in [0.15, 0.2) is 5.16 Å². The Kier molecular flexibility index (Phi) is 3.93. The molecule has 6 heteroatoms. The van der Waals surface area contributed by atoms with Crippen molar-refractivity contribution in [1.82, 2.24) is 14.8 Å². The summed E-state index contributed by atoms with van der Waals surface area (Å²) in [5, 5.41) is 17.3. The summed E-state index contributed by atoms with van der Waals surface area (Å²) in [5.74, 6) is 0. The van der Waals surface area contributed by atoms with E-state index in [1.54, 1.807) is 4.57 Å². The molecule has 0 bridgehead atoms. The Morgan fingerprint density at radius 3 is 2.82 bits per heavy atom. The van der Waals surface area contributed by atoms with Gasteiger partial charge in [0.05, 0.1) is 6.10 Å². The van der Waals surface area contributed by atoms with Crippen LogP contribution in [0.4, 0.5) is 0 Å². The van der Waals surface area contributed by atoms with E-state index in [1.165, 1.54) is 11.8 Å². The molecule has 1 aromatic rings. The summed E-state index contributed by atoms with van der Waals surface area (Å²) in [6.45, 7) is 3.91. The highest BCUT2D eigenvalue weighted by molar-refractivity contribution is 7.99. The van der Waals surface area contributed by atoms with Gasteiger partial charge in [0.2, 0.25) is 0 Å². The molecular weight excluding hydrogens is 238 g/mol. The van der Waals surface area contributed by atoms with E-state index in [9.17, 15) is 9.90 Å². The molecule has 0 saturated heterocycles. The Labute approximate surface area is 105 Å². The summed E-state index contributed by atoms with van der Waals surface area (Å²) in [5.41, 5.74) is -0.173. The van der Waals surface area contributed by atoms with Gasteiger partial charge >= 0.3 is 5.69 Å². The van der Waals surface area contributed by atoms with Gasteiger partial charge in [0.25, 0.3) is 0 Å². The number of aromatic nitrogens is 3. The number of hydrogen-bond donors (Lipinski definition) is 2. The second-order valence-corrected chi connectivity index (χ2v) is 5.99. The Bertz CT molecular complexity index is 427. The van der Waals surface area contributed by atoms with Crippen LogP contribution < -0.4 is 5.69 Å². The zero-order valence-corrected chi connectivity index (χ0v) is 11.0. The van der Waals surface area contributed by atoms with Crippen molar-refractivity contribution in [1.29, 1.82) is 0 Å². The molecule has 1 saturated carbocycles. The third-order valence-corrected chi connectivity index (χ3v) is 4.46. The Morgan fingerprint density at radius 1 is 1.47 bits per heavy atom. The zero-order chi connectivity index (χ0) is 12.4. The first-order valence-corrected chi connectivity index (χ1v) is 6.99. The van der Waals surface area contributed by atoms with Gasteiger partial charge in [0.1, 0.15) is 0 Å².